The summed E-state index contributed by atoms with van der Waals surface area (Å²) in [7, 11) is 0. The summed E-state index contributed by atoms with van der Waals surface area (Å²) >= 11 is 0. The molecule has 3 rings (SSSR count). The Labute approximate surface area is 138 Å². The van der Waals surface area contributed by atoms with E-state index < -0.39 is 11.8 Å². The van der Waals surface area contributed by atoms with E-state index in [4.69, 9.17) is 5.11 Å². The first-order valence-corrected chi connectivity index (χ1v) is 7.66. The van der Waals surface area contributed by atoms with Crippen molar-refractivity contribution in [3.8, 4) is 0 Å². The predicted octanol–water partition coefficient (Wildman–Crippen LogP) is -0.720. The van der Waals surface area contributed by atoms with Crippen LogP contribution in [0.3, 0.4) is 0 Å². The number of hydrogen-bond acceptors (Lipinski definition) is 6. The van der Waals surface area contributed by atoms with Crippen LogP contribution < -0.4 is 15.5 Å². The van der Waals surface area contributed by atoms with Gasteiger partial charge in [0.2, 0.25) is 5.91 Å². The highest BCUT2D eigenvalue weighted by Gasteiger charge is 2.30. The molecule has 8 nitrogen and oxygen atoms in total. The number of aliphatic hydroxyl groups excluding tert-OH is 1. The molecule has 2 heterocycles. The standard InChI is InChI=1S/C16H18N4O4/c21-7-6-20-14(22)9-13(16(20)24)18-11-2-1-3-12(8-11)19-5-4-17-10-15(19)23/h1-3,8-9,17-18,21H,4-7,10H2. The highest BCUT2D eigenvalue weighted by Crippen LogP contribution is 2.23. The minimum Gasteiger partial charge on any atom is -0.395 e. The molecule has 1 aromatic carbocycles. The molecule has 1 saturated heterocycles. The van der Waals surface area contributed by atoms with Crippen LogP contribution in [0.2, 0.25) is 0 Å². The zero-order valence-electron chi connectivity index (χ0n) is 13.0. The number of carbonyl (C=O) groups is 3. The molecule has 0 saturated carbocycles. The van der Waals surface area contributed by atoms with Crippen molar-refractivity contribution >= 4 is 29.1 Å². The molecule has 0 bridgehead atoms. The van der Waals surface area contributed by atoms with E-state index in [1.54, 1.807) is 23.1 Å². The largest absolute Gasteiger partial charge is 0.395 e. The molecular weight excluding hydrogens is 312 g/mol. The lowest BCUT2D eigenvalue weighted by Crippen LogP contribution is -2.48. The molecule has 126 valence electrons. The molecule has 8 heteroatoms. The van der Waals surface area contributed by atoms with Crippen molar-refractivity contribution in [3.63, 3.8) is 0 Å². The van der Waals surface area contributed by atoms with Crippen molar-refractivity contribution in [2.75, 3.05) is 43.0 Å². The fraction of sp³-hybridized carbons (Fsp3) is 0.312. The maximum Gasteiger partial charge on any atom is 0.277 e. The number of β-amino-alcohol motifs (C(OH)–C–C–N with tert-alkyl or cyclic N) is 1. The average Bonchev–Trinajstić information content (AvgIpc) is 2.83. The second-order valence-corrected chi connectivity index (χ2v) is 5.47. The lowest BCUT2D eigenvalue weighted by molar-refractivity contribution is -0.137. The van der Waals surface area contributed by atoms with Crippen molar-refractivity contribution in [3.05, 3.63) is 36.0 Å². The first-order valence-electron chi connectivity index (χ1n) is 7.66. The molecule has 0 aromatic heterocycles. The van der Waals surface area contributed by atoms with Crippen LogP contribution in [-0.4, -0.2) is 60.5 Å². The maximum absolute atomic E-state index is 12.1. The Hall–Kier alpha value is -2.71. The minimum atomic E-state index is -0.474. The molecule has 24 heavy (non-hydrogen) atoms. The molecule has 2 aliphatic rings. The van der Waals surface area contributed by atoms with Gasteiger partial charge >= 0.3 is 0 Å². The van der Waals surface area contributed by atoms with Gasteiger partial charge in [0.05, 0.1) is 19.7 Å². The predicted molar refractivity (Wildman–Crippen MR) is 87.2 cm³/mol. The van der Waals surface area contributed by atoms with Gasteiger partial charge in [0, 0.05) is 30.5 Å². The van der Waals surface area contributed by atoms with Gasteiger partial charge in [-0.15, -0.1) is 0 Å². The Morgan fingerprint density at radius 3 is 2.83 bits per heavy atom. The number of nitrogens with one attached hydrogen (secondary N) is 2. The third kappa shape index (κ3) is 3.15. The number of carbonyl (C=O) groups excluding carboxylic acids is 3. The lowest BCUT2D eigenvalue weighted by atomic mass is 10.2. The number of hydrogen-bond donors (Lipinski definition) is 3. The van der Waals surface area contributed by atoms with Crippen molar-refractivity contribution < 1.29 is 19.5 Å². The van der Waals surface area contributed by atoms with E-state index in [2.05, 4.69) is 10.6 Å². The molecular formula is C16H18N4O4. The van der Waals surface area contributed by atoms with Crippen LogP contribution in [0.25, 0.3) is 0 Å². The van der Waals surface area contributed by atoms with Gasteiger partial charge in [-0.25, -0.2) is 0 Å². The van der Waals surface area contributed by atoms with Crippen LogP contribution in [0, 0.1) is 0 Å². The molecule has 0 aliphatic carbocycles. The van der Waals surface area contributed by atoms with E-state index in [9.17, 15) is 14.4 Å². The third-order valence-corrected chi connectivity index (χ3v) is 3.86. The van der Waals surface area contributed by atoms with Crippen LogP contribution in [0.5, 0.6) is 0 Å². The van der Waals surface area contributed by atoms with Gasteiger partial charge in [0.25, 0.3) is 11.8 Å². The van der Waals surface area contributed by atoms with Crippen LogP contribution in [-0.2, 0) is 14.4 Å². The number of amides is 3. The number of imide groups is 1. The van der Waals surface area contributed by atoms with Gasteiger partial charge < -0.3 is 20.6 Å². The molecule has 0 atom stereocenters. The number of rotatable bonds is 5. The Kier molecular flexibility index (Phi) is 4.59. The monoisotopic (exact) mass is 330 g/mol. The average molecular weight is 330 g/mol. The fourth-order valence-corrected chi connectivity index (χ4v) is 2.70. The van der Waals surface area contributed by atoms with Crippen LogP contribution in [0.15, 0.2) is 36.0 Å². The fourth-order valence-electron chi connectivity index (χ4n) is 2.70. The second-order valence-electron chi connectivity index (χ2n) is 5.47. The summed E-state index contributed by atoms with van der Waals surface area (Å²) in [6.07, 6.45) is 1.21. The zero-order valence-corrected chi connectivity index (χ0v) is 13.0. The molecule has 0 spiro atoms. The van der Waals surface area contributed by atoms with Crippen LogP contribution in [0.1, 0.15) is 0 Å². The number of nitrogens with zero attached hydrogens (tertiary/aromatic N) is 2. The highest BCUT2D eigenvalue weighted by molar-refractivity contribution is 6.17. The van der Waals surface area contributed by atoms with Crippen LogP contribution >= 0.6 is 0 Å². The second kappa shape index (κ2) is 6.81. The van der Waals surface area contributed by atoms with E-state index in [1.807, 2.05) is 6.07 Å². The quantitative estimate of drug-likeness (QED) is 0.616. The van der Waals surface area contributed by atoms with Gasteiger partial charge in [0.15, 0.2) is 0 Å². The van der Waals surface area contributed by atoms with E-state index >= 15 is 0 Å². The molecule has 1 aromatic rings. The lowest BCUT2D eigenvalue weighted by Gasteiger charge is -2.27. The molecule has 1 fully saturated rings. The molecule has 2 aliphatic heterocycles. The summed E-state index contributed by atoms with van der Waals surface area (Å²) in [5.74, 6) is -0.943. The summed E-state index contributed by atoms with van der Waals surface area (Å²) in [5, 5.41) is 14.8. The first-order chi connectivity index (χ1) is 11.6. The third-order valence-electron chi connectivity index (χ3n) is 3.86. The first kappa shape index (κ1) is 16.2. The number of aliphatic hydroxyl groups is 1. The van der Waals surface area contributed by atoms with E-state index in [0.29, 0.717) is 18.8 Å². The Morgan fingerprint density at radius 2 is 2.08 bits per heavy atom. The van der Waals surface area contributed by atoms with Crippen molar-refractivity contribution in [1.29, 1.82) is 0 Å². The van der Waals surface area contributed by atoms with Gasteiger partial charge in [0.1, 0.15) is 5.70 Å². The highest BCUT2D eigenvalue weighted by atomic mass is 16.3. The Balaban J connectivity index is 1.76. The van der Waals surface area contributed by atoms with E-state index in [0.717, 1.165) is 17.1 Å². The van der Waals surface area contributed by atoms with Crippen molar-refractivity contribution in [2.45, 2.75) is 0 Å². The SMILES string of the molecule is O=C1C=C(Nc2cccc(N3CCNCC3=O)c2)C(=O)N1CCO. The van der Waals surface area contributed by atoms with Gasteiger partial charge in [-0.2, -0.15) is 0 Å². The normalized spacial score (nSPS) is 18.2. The number of piperazine rings is 1. The smallest absolute Gasteiger partial charge is 0.277 e. The molecule has 0 radical (unpaired) electrons. The summed E-state index contributed by atoms with van der Waals surface area (Å²) in [6.45, 7) is 1.28. The zero-order chi connectivity index (χ0) is 17.1. The van der Waals surface area contributed by atoms with Gasteiger partial charge in [-0.05, 0) is 18.2 Å². The maximum atomic E-state index is 12.1. The van der Waals surface area contributed by atoms with E-state index in [-0.39, 0.29) is 24.8 Å². The number of benzene rings is 1. The minimum absolute atomic E-state index is 0.0149. The van der Waals surface area contributed by atoms with Crippen molar-refractivity contribution in [1.82, 2.24) is 10.2 Å². The topological polar surface area (TPSA) is 102 Å². The summed E-state index contributed by atoms with van der Waals surface area (Å²) in [6, 6.07) is 7.11. The van der Waals surface area contributed by atoms with Gasteiger partial charge in [-0.3, -0.25) is 19.3 Å². The summed E-state index contributed by atoms with van der Waals surface area (Å²) in [5.41, 5.74) is 1.49. The molecule has 0 unspecified atom stereocenters. The Bertz CT molecular complexity index is 716. The van der Waals surface area contributed by atoms with Crippen molar-refractivity contribution in [2.24, 2.45) is 0 Å². The van der Waals surface area contributed by atoms with Crippen LogP contribution in [0.4, 0.5) is 11.4 Å². The molecule has 3 N–H and O–H groups in total. The Morgan fingerprint density at radius 1 is 1.25 bits per heavy atom. The molecule has 3 amide bonds. The van der Waals surface area contributed by atoms with Gasteiger partial charge in [-0.1, -0.05) is 6.07 Å². The number of anilines is 2. The summed E-state index contributed by atoms with van der Waals surface area (Å²) in [4.78, 5) is 38.5. The summed E-state index contributed by atoms with van der Waals surface area (Å²) < 4.78 is 0. The van der Waals surface area contributed by atoms with E-state index in [1.165, 1.54) is 6.08 Å².